The van der Waals surface area contributed by atoms with Gasteiger partial charge in [-0.25, -0.2) is 9.37 Å². The number of H-pyrrole nitrogens is 1. The van der Waals surface area contributed by atoms with E-state index in [1.807, 2.05) is 6.92 Å². The van der Waals surface area contributed by atoms with E-state index >= 15 is 4.39 Å². The number of nitrogens with zero attached hydrogens (tertiary/aromatic N) is 3. The molecule has 1 aliphatic rings. The van der Waals surface area contributed by atoms with E-state index in [9.17, 15) is 9.59 Å². The van der Waals surface area contributed by atoms with Crippen LogP contribution in [0.15, 0.2) is 22.9 Å². The van der Waals surface area contributed by atoms with Crippen molar-refractivity contribution in [3.05, 3.63) is 46.9 Å². The van der Waals surface area contributed by atoms with Crippen LogP contribution >= 0.6 is 0 Å². The van der Waals surface area contributed by atoms with Gasteiger partial charge in [0.2, 0.25) is 5.91 Å². The molecule has 4 rings (SSSR count). The maximum atomic E-state index is 15.3. The Hall–Kier alpha value is -3.23. The van der Waals surface area contributed by atoms with Crippen LogP contribution < -0.4 is 5.32 Å². The van der Waals surface area contributed by atoms with Crippen molar-refractivity contribution in [2.45, 2.75) is 58.4 Å². The van der Waals surface area contributed by atoms with Crippen LogP contribution in [0, 0.1) is 17.7 Å². The van der Waals surface area contributed by atoms with Gasteiger partial charge < -0.3 is 19.7 Å². The molecule has 1 saturated carbocycles. The largest absolute Gasteiger partial charge is 0.364 e. The number of carbonyl (C=O) groups is 2. The molecule has 0 spiro atoms. The minimum Gasteiger partial charge on any atom is -0.364 e. The minimum atomic E-state index is -0.509. The molecule has 1 aliphatic carbocycles. The molecule has 0 bridgehead atoms. The van der Waals surface area contributed by atoms with Gasteiger partial charge in [-0.2, -0.15) is 0 Å². The van der Waals surface area contributed by atoms with Crippen molar-refractivity contribution in [2.75, 3.05) is 14.1 Å². The van der Waals surface area contributed by atoms with E-state index in [2.05, 4.69) is 27.4 Å². The third kappa shape index (κ3) is 4.83. The van der Waals surface area contributed by atoms with Gasteiger partial charge in [0.1, 0.15) is 23.2 Å². The Bertz CT molecular complexity index is 1180. The highest BCUT2D eigenvalue weighted by molar-refractivity contribution is 5.95. The molecule has 1 fully saturated rings. The molecule has 34 heavy (non-hydrogen) atoms. The second kappa shape index (κ2) is 9.95. The van der Waals surface area contributed by atoms with E-state index in [1.54, 1.807) is 26.2 Å². The van der Waals surface area contributed by atoms with Gasteiger partial charge in [0.15, 0.2) is 5.82 Å². The first kappa shape index (κ1) is 23.9. The molecule has 2 aromatic heterocycles. The summed E-state index contributed by atoms with van der Waals surface area (Å²) in [4.78, 5) is 34.5. The summed E-state index contributed by atoms with van der Waals surface area (Å²) in [5.41, 5.74) is 2.02. The van der Waals surface area contributed by atoms with Crippen LogP contribution in [-0.2, 0) is 17.6 Å². The number of fused-ring (bicyclic) bond motifs is 1. The van der Waals surface area contributed by atoms with E-state index in [4.69, 9.17) is 4.52 Å². The van der Waals surface area contributed by atoms with Crippen LogP contribution in [-0.4, -0.2) is 45.9 Å². The number of halogens is 1. The lowest BCUT2D eigenvalue weighted by molar-refractivity contribution is -0.128. The zero-order chi connectivity index (χ0) is 24.4. The normalized spacial score (nSPS) is 19.2. The third-order valence-corrected chi connectivity index (χ3v) is 6.87. The topological polar surface area (TPSA) is 104 Å². The standard InChI is InChI=1S/C25H32FN5O3/c1-5-18-17(13-34-30-18)25(33)29-22(15-8-6-14(2)7-9-15)24-27-19-11-10-16(12-20(32)31(3)4)21(26)23(19)28-24/h10-11,13-15,22H,5-9,12H2,1-4H3,(H,27,28)(H,29,33). The third-order valence-electron chi connectivity index (χ3n) is 6.87. The molecule has 8 nitrogen and oxygen atoms in total. The molecular weight excluding hydrogens is 437 g/mol. The van der Waals surface area contributed by atoms with E-state index < -0.39 is 11.9 Å². The van der Waals surface area contributed by atoms with E-state index in [0.717, 1.165) is 25.7 Å². The Balaban J connectivity index is 1.67. The summed E-state index contributed by atoms with van der Waals surface area (Å²) >= 11 is 0. The molecule has 2 N–H and O–H groups in total. The molecule has 0 radical (unpaired) electrons. The number of carbonyl (C=O) groups excluding carboxylic acids is 2. The second-order valence-electron chi connectivity index (χ2n) is 9.52. The highest BCUT2D eigenvalue weighted by Crippen LogP contribution is 2.37. The zero-order valence-electron chi connectivity index (χ0n) is 20.2. The fourth-order valence-electron chi connectivity index (χ4n) is 4.65. The molecule has 1 unspecified atom stereocenters. The number of hydrogen-bond acceptors (Lipinski definition) is 5. The van der Waals surface area contributed by atoms with Gasteiger partial charge >= 0.3 is 0 Å². The van der Waals surface area contributed by atoms with Crippen LogP contribution in [0.25, 0.3) is 11.0 Å². The van der Waals surface area contributed by atoms with Gasteiger partial charge in [-0.05, 0) is 42.7 Å². The Morgan fingerprint density at radius 1 is 1.26 bits per heavy atom. The number of aryl methyl sites for hydroxylation is 1. The lowest BCUT2D eigenvalue weighted by Crippen LogP contribution is -2.36. The van der Waals surface area contributed by atoms with Crippen LogP contribution in [0.4, 0.5) is 4.39 Å². The maximum Gasteiger partial charge on any atom is 0.257 e. The Morgan fingerprint density at radius 3 is 2.68 bits per heavy atom. The van der Waals surface area contributed by atoms with Gasteiger partial charge in [0.25, 0.3) is 5.91 Å². The van der Waals surface area contributed by atoms with E-state index in [-0.39, 0.29) is 29.7 Å². The summed E-state index contributed by atoms with van der Waals surface area (Å²) in [6.07, 6.45) is 5.92. The fourth-order valence-corrected chi connectivity index (χ4v) is 4.65. The number of benzene rings is 1. The van der Waals surface area contributed by atoms with Gasteiger partial charge in [0, 0.05) is 14.1 Å². The van der Waals surface area contributed by atoms with Crippen LogP contribution in [0.2, 0.25) is 0 Å². The van der Waals surface area contributed by atoms with Gasteiger partial charge in [0.05, 0.1) is 23.7 Å². The number of hydrogen-bond donors (Lipinski definition) is 2. The molecule has 3 aromatic rings. The monoisotopic (exact) mass is 469 g/mol. The van der Waals surface area contributed by atoms with Crippen molar-refractivity contribution in [3.63, 3.8) is 0 Å². The molecule has 1 aromatic carbocycles. The summed E-state index contributed by atoms with van der Waals surface area (Å²) in [6, 6.07) is 2.95. The van der Waals surface area contributed by atoms with Crippen LogP contribution in [0.1, 0.15) is 73.0 Å². The quantitative estimate of drug-likeness (QED) is 0.540. The number of aromatic nitrogens is 3. The predicted molar refractivity (Wildman–Crippen MR) is 126 cm³/mol. The lowest BCUT2D eigenvalue weighted by Gasteiger charge is -2.32. The lowest BCUT2D eigenvalue weighted by atomic mass is 9.79. The zero-order valence-corrected chi connectivity index (χ0v) is 20.2. The Kier molecular flexibility index (Phi) is 7.00. The smallest absolute Gasteiger partial charge is 0.257 e. The van der Waals surface area contributed by atoms with Crippen LogP contribution in [0.3, 0.4) is 0 Å². The molecular formula is C25H32FN5O3. The molecule has 0 aliphatic heterocycles. The SMILES string of the molecule is CCc1nocc1C(=O)NC(c1nc2c(F)c(CC(=O)N(C)C)ccc2[nH]1)C1CCC(C)CC1. The number of aromatic amines is 1. The first-order valence-electron chi connectivity index (χ1n) is 11.9. The average molecular weight is 470 g/mol. The molecule has 1 atom stereocenters. The molecule has 2 amide bonds. The number of likely N-dealkylation sites (N-methyl/N-ethyl adjacent to an activating group) is 1. The van der Waals surface area contributed by atoms with Crippen molar-refractivity contribution < 1.29 is 18.5 Å². The number of rotatable bonds is 7. The molecule has 0 saturated heterocycles. The summed E-state index contributed by atoms with van der Waals surface area (Å²) < 4.78 is 20.3. The van der Waals surface area contributed by atoms with Crippen molar-refractivity contribution in [1.29, 1.82) is 0 Å². The number of nitrogens with one attached hydrogen (secondary N) is 2. The Morgan fingerprint density at radius 2 is 2.00 bits per heavy atom. The van der Waals surface area contributed by atoms with Crippen LogP contribution in [0.5, 0.6) is 0 Å². The fraction of sp³-hybridized carbons (Fsp3) is 0.520. The maximum absolute atomic E-state index is 15.3. The predicted octanol–water partition coefficient (Wildman–Crippen LogP) is 4.18. The first-order chi connectivity index (χ1) is 16.3. The average Bonchev–Trinajstić information content (AvgIpc) is 3.47. The number of imidazole rings is 1. The van der Waals surface area contributed by atoms with E-state index in [1.165, 1.54) is 11.2 Å². The van der Waals surface area contributed by atoms with Gasteiger partial charge in [-0.15, -0.1) is 0 Å². The highest BCUT2D eigenvalue weighted by Gasteiger charge is 2.32. The van der Waals surface area contributed by atoms with Gasteiger partial charge in [-0.3, -0.25) is 9.59 Å². The van der Waals surface area contributed by atoms with Crippen molar-refractivity contribution in [2.24, 2.45) is 11.8 Å². The highest BCUT2D eigenvalue weighted by atomic mass is 19.1. The molecule has 2 heterocycles. The Labute approximate surface area is 198 Å². The van der Waals surface area contributed by atoms with E-state index in [0.29, 0.717) is 40.5 Å². The summed E-state index contributed by atoms with van der Waals surface area (Å²) in [5, 5.41) is 7.03. The second-order valence-corrected chi connectivity index (χ2v) is 9.52. The van der Waals surface area contributed by atoms with Crippen molar-refractivity contribution in [1.82, 2.24) is 25.3 Å². The summed E-state index contributed by atoms with van der Waals surface area (Å²) in [7, 11) is 3.28. The molecule has 182 valence electrons. The minimum absolute atomic E-state index is 0.0368. The van der Waals surface area contributed by atoms with Crippen molar-refractivity contribution in [3.8, 4) is 0 Å². The van der Waals surface area contributed by atoms with Gasteiger partial charge in [-0.1, -0.05) is 37.9 Å². The summed E-state index contributed by atoms with van der Waals surface area (Å²) in [6.45, 7) is 4.15. The molecule has 9 heteroatoms. The first-order valence-corrected chi connectivity index (χ1v) is 11.9. The summed E-state index contributed by atoms with van der Waals surface area (Å²) in [5.74, 6) is 0.360. The van der Waals surface area contributed by atoms with Crippen molar-refractivity contribution >= 4 is 22.8 Å². The number of amides is 2.